The Bertz CT molecular complexity index is 836. The van der Waals surface area contributed by atoms with Gasteiger partial charge in [0.2, 0.25) is 0 Å². The molecule has 3 nitrogen and oxygen atoms in total. The lowest BCUT2D eigenvalue weighted by Gasteiger charge is -2.08. The van der Waals surface area contributed by atoms with Crippen LogP contribution in [0.3, 0.4) is 0 Å². The molecule has 0 aliphatic rings. The van der Waals surface area contributed by atoms with Crippen molar-refractivity contribution in [2.24, 2.45) is 0 Å². The van der Waals surface area contributed by atoms with Crippen LogP contribution in [0.2, 0.25) is 0 Å². The third-order valence-electron chi connectivity index (χ3n) is 3.49. The number of benzene rings is 2. The highest BCUT2D eigenvalue weighted by Crippen LogP contribution is 2.21. The number of aromatic nitrogens is 1. The van der Waals surface area contributed by atoms with Gasteiger partial charge in [0.25, 0.3) is 5.91 Å². The Balaban J connectivity index is 1.92. The van der Waals surface area contributed by atoms with Crippen LogP contribution in [0.5, 0.6) is 0 Å². The van der Waals surface area contributed by atoms with Gasteiger partial charge in [-0.15, -0.1) is 0 Å². The minimum absolute atomic E-state index is 0.280. The summed E-state index contributed by atoms with van der Waals surface area (Å²) < 4.78 is 13.6. The van der Waals surface area contributed by atoms with Crippen molar-refractivity contribution < 1.29 is 9.18 Å². The van der Waals surface area contributed by atoms with Crippen molar-refractivity contribution in [1.82, 2.24) is 4.98 Å². The summed E-state index contributed by atoms with van der Waals surface area (Å²) in [5, 5.41) is 3.26. The first-order valence-corrected chi connectivity index (χ1v) is 6.70. The zero-order valence-corrected chi connectivity index (χ0v) is 11.8. The van der Waals surface area contributed by atoms with Gasteiger partial charge in [-0.05, 0) is 43.7 Å². The van der Waals surface area contributed by atoms with E-state index in [0.717, 1.165) is 16.8 Å². The molecule has 0 aliphatic heterocycles. The van der Waals surface area contributed by atoms with Gasteiger partial charge in [-0.25, -0.2) is 4.39 Å². The Hall–Kier alpha value is -2.62. The molecule has 2 aromatic carbocycles. The van der Waals surface area contributed by atoms with Crippen LogP contribution in [-0.4, -0.2) is 10.9 Å². The van der Waals surface area contributed by atoms with Crippen molar-refractivity contribution in [2.45, 2.75) is 13.8 Å². The van der Waals surface area contributed by atoms with Crippen LogP contribution in [0.1, 0.15) is 21.6 Å². The van der Waals surface area contributed by atoms with E-state index in [1.807, 2.05) is 32.0 Å². The van der Waals surface area contributed by atoms with E-state index in [0.29, 0.717) is 16.6 Å². The van der Waals surface area contributed by atoms with E-state index in [9.17, 15) is 9.18 Å². The van der Waals surface area contributed by atoms with Gasteiger partial charge in [0, 0.05) is 16.6 Å². The zero-order chi connectivity index (χ0) is 15.0. The summed E-state index contributed by atoms with van der Waals surface area (Å²) in [5.74, 6) is -0.619. The molecule has 3 rings (SSSR count). The van der Waals surface area contributed by atoms with E-state index in [1.165, 1.54) is 12.1 Å². The molecule has 3 aromatic rings. The Kier molecular flexibility index (Phi) is 3.22. The number of aryl methyl sites for hydroxylation is 2. The standard InChI is InChI=1S/C17H15FN2O/c1-10-6-7-14(11(2)8-10)20-17(21)16-9-12-13(18)4-3-5-15(12)19-16/h3-9,19H,1-2H3,(H,20,21). The van der Waals surface area contributed by atoms with Gasteiger partial charge in [0.1, 0.15) is 11.5 Å². The van der Waals surface area contributed by atoms with Crippen molar-refractivity contribution >= 4 is 22.5 Å². The fraction of sp³-hybridized carbons (Fsp3) is 0.118. The lowest BCUT2D eigenvalue weighted by atomic mass is 10.1. The average molecular weight is 282 g/mol. The number of nitrogens with one attached hydrogen (secondary N) is 2. The predicted molar refractivity (Wildman–Crippen MR) is 82.1 cm³/mol. The molecule has 0 radical (unpaired) electrons. The second-order valence-corrected chi connectivity index (χ2v) is 5.16. The quantitative estimate of drug-likeness (QED) is 0.727. The van der Waals surface area contributed by atoms with Crippen LogP contribution in [0.15, 0.2) is 42.5 Å². The number of aromatic amines is 1. The van der Waals surface area contributed by atoms with Crippen LogP contribution in [0, 0.1) is 19.7 Å². The van der Waals surface area contributed by atoms with Gasteiger partial charge in [-0.1, -0.05) is 23.8 Å². The monoisotopic (exact) mass is 282 g/mol. The third kappa shape index (κ3) is 2.52. The second-order valence-electron chi connectivity index (χ2n) is 5.16. The highest BCUT2D eigenvalue weighted by Gasteiger charge is 2.12. The molecule has 0 atom stereocenters. The lowest BCUT2D eigenvalue weighted by Crippen LogP contribution is -2.13. The highest BCUT2D eigenvalue weighted by molar-refractivity contribution is 6.06. The first-order valence-electron chi connectivity index (χ1n) is 6.70. The SMILES string of the molecule is Cc1ccc(NC(=O)c2cc3c(F)cccc3[nH]2)c(C)c1. The van der Waals surface area contributed by atoms with Gasteiger partial charge in [0.05, 0.1) is 0 Å². The van der Waals surface area contributed by atoms with Crippen LogP contribution < -0.4 is 5.32 Å². The van der Waals surface area contributed by atoms with E-state index in [2.05, 4.69) is 10.3 Å². The Morgan fingerprint density at radius 3 is 2.67 bits per heavy atom. The maximum absolute atomic E-state index is 13.6. The molecule has 1 amide bonds. The third-order valence-corrected chi connectivity index (χ3v) is 3.49. The molecule has 21 heavy (non-hydrogen) atoms. The molecule has 0 spiro atoms. The number of fused-ring (bicyclic) bond motifs is 1. The molecule has 0 saturated heterocycles. The van der Waals surface area contributed by atoms with Crippen molar-refractivity contribution in [3.05, 3.63) is 65.1 Å². The number of carbonyl (C=O) groups is 1. The van der Waals surface area contributed by atoms with Crippen molar-refractivity contribution in [3.8, 4) is 0 Å². The maximum atomic E-state index is 13.6. The van der Waals surface area contributed by atoms with Crippen molar-refractivity contribution in [2.75, 3.05) is 5.32 Å². The fourth-order valence-corrected chi connectivity index (χ4v) is 2.38. The molecule has 0 unspecified atom stereocenters. The maximum Gasteiger partial charge on any atom is 0.272 e. The summed E-state index contributed by atoms with van der Waals surface area (Å²) in [6, 6.07) is 12.1. The van der Waals surface area contributed by atoms with Crippen LogP contribution >= 0.6 is 0 Å². The van der Waals surface area contributed by atoms with E-state index >= 15 is 0 Å². The summed E-state index contributed by atoms with van der Waals surface area (Å²) in [6.45, 7) is 3.94. The molecule has 2 N–H and O–H groups in total. The van der Waals surface area contributed by atoms with Gasteiger partial charge in [0.15, 0.2) is 0 Å². The Morgan fingerprint density at radius 1 is 1.14 bits per heavy atom. The number of anilines is 1. The molecular formula is C17H15FN2O. The molecule has 1 aromatic heterocycles. The molecule has 106 valence electrons. The van der Waals surface area contributed by atoms with Crippen LogP contribution in [0.25, 0.3) is 10.9 Å². The zero-order valence-electron chi connectivity index (χ0n) is 11.8. The molecule has 0 aliphatic carbocycles. The summed E-state index contributed by atoms with van der Waals surface area (Å²) >= 11 is 0. The number of hydrogen-bond donors (Lipinski definition) is 2. The molecule has 0 fully saturated rings. The largest absolute Gasteiger partial charge is 0.350 e. The number of halogens is 1. The van der Waals surface area contributed by atoms with E-state index in [4.69, 9.17) is 0 Å². The fourth-order valence-electron chi connectivity index (χ4n) is 2.38. The second kappa shape index (κ2) is 5.05. The number of amides is 1. The minimum atomic E-state index is -0.339. The summed E-state index contributed by atoms with van der Waals surface area (Å²) in [6.07, 6.45) is 0. The first kappa shape index (κ1) is 13.4. The number of rotatable bonds is 2. The summed E-state index contributed by atoms with van der Waals surface area (Å²) in [7, 11) is 0. The molecule has 1 heterocycles. The Morgan fingerprint density at radius 2 is 1.95 bits per heavy atom. The first-order chi connectivity index (χ1) is 10.0. The molecule has 4 heteroatoms. The predicted octanol–water partition coefficient (Wildman–Crippen LogP) is 4.18. The van der Waals surface area contributed by atoms with Gasteiger partial charge >= 0.3 is 0 Å². The van der Waals surface area contributed by atoms with Gasteiger partial charge < -0.3 is 10.3 Å². The smallest absolute Gasteiger partial charge is 0.272 e. The van der Waals surface area contributed by atoms with E-state index in [-0.39, 0.29) is 11.7 Å². The average Bonchev–Trinajstić information content (AvgIpc) is 2.87. The highest BCUT2D eigenvalue weighted by atomic mass is 19.1. The molecular weight excluding hydrogens is 267 g/mol. The van der Waals surface area contributed by atoms with E-state index < -0.39 is 0 Å². The van der Waals surface area contributed by atoms with Gasteiger partial charge in [-0.2, -0.15) is 0 Å². The molecule has 0 bridgehead atoms. The van der Waals surface area contributed by atoms with Crippen molar-refractivity contribution in [3.63, 3.8) is 0 Å². The van der Waals surface area contributed by atoms with E-state index in [1.54, 1.807) is 12.1 Å². The van der Waals surface area contributed by atoms with Crippen LogP contribution in [0.4, 0.5) is 10.1 Å². The lowest BCUT2D eigenvalue weighted by molar-refractivity contribution is 0.102. The van der Waals surface area contributed by atoms with Crippen molar-refractivity contribution in [1.29, 1.82) is 0 Å². The number of H-pyrrole nitrogens is 1. The summed E-state index contributed by atoms with van der Waals surface area (Å²) in [4.78, 5) is 15.2. The topological polar surface area (TPSA) is 44.9 Å². The summed E-state index contributed by atoms with van der Waals surface area (Å²) in [5.41, 5.74) is 3.84. The number of carbonyl (C=O) groups excluding carboxylic acids is 1. The molecule has 0 saturated carbocycles. The van der Waals surface area contributed by atoms with Crippen LogP contribution in [-0.2, 0) is 0 Å². The van der Waals surface area contributed by atoms with Gasteiger partial charge in [-0.3, -0.25) is 4.79 Å². The normalized spacial score (nSPS) is 10.8. The minimum Gasteiger partial charge on any atom is -0.350 e. The number of hydrogen-bond acceptors (Lipinski definition) is 1. The Labute approximate surface area is 121 Å².